The van der Waals surface area contributed by atoms with Crippen LogP contribution in [-0.2, 0) is 12.7 Å². The largest absolute Gasteiger partial charge is 0.434 e. The standard InChI is InChI=1S/C13H14F3N3S/c1-3-17-7-10-11(13(14,15)16)19-12(20-10)9-6-8(2)4-5-18-9/h4-6,17H,3,7H2,1-2H3. The lowest BCUT2D eigenvalue weighted by Crippen LogP contribution is -2.15. The molecule has 0 bridgehead atoms. The summed E-state index contributed by atoms with van der Waals surface area (Å²) in [6, 6.07) is 3.53. The minimum atomic E-state index is -4.44. The van der Waals surface area contributed by atoms with Gasteiger partial charge in [-0.25, -0.2) is 4.98 Å². The molecule has 0 amide bonds. The molecule has 3 nitrogen and oxygen atoms in total. The van der Waals surface area contributed by atoms with Gasteiger partial charge >= 0.3 is 6.18 Å². The normalized spacial score (nSPS) is 11.8. The van der Waals surface area contributed by atoms with Crippen molar-refractivity contribution < 1.29 is 13.2 Å². The van der Waals surface area contributed by atoms with Crippen molar-refractivity contribution in [1.29, 1.82) is 0 Å². The summed E-state index contributed by atoms with van der Waals surface area (Å²) in [5.41, 5.74) is 0.594. The second-order valence-electron chi connectivity index (χ2n) is 4.29. The van der Waals surface area contributed by atoms with Gasteiger partial charge in [0.2, 0.25) is 0 Å². The van der Waals surface area contributed by atoms with Crippen molar-refractivity contribution in [3.63, 3.8) is 0 Å². The number of hydrogen-bond acceptors (Lipinski definition) is 4. The molecule has 2 heterocycles. The zero-order valence-corrected chi connectivity index (χ0v) is 11.9. The summed E-state index contributed by atoms with van der Waals surface area (Å²) in [5.74, 6) is 0. The van der Waals surface area contributed by atoms with E-state index in [9.17, 15) is 13.2 Å². The summed E-state index contributed by atoms with van der Waals surface area (Å²) in [4.78, 5) is 8.02. The van der Waals surface area contributed by atoms with Gasteiger partial charge in [-0.1, -0.05) is 6.92 Å². The fourth-order valence-electron chi connectivity index (χ4n) is 1.69. The van der Waals surface area contributed by atoms with E-state index in [4.69, 9.17) is 0 Å². The van der Waals surface area contributed by atoms with Crippen LogP contribution in [0, 0.1) is 6.92 Å². The van der Waals surface area contributed by atoms with E-state index in [0.29, 0.717) is 17.2 Å². The van der Waals surface area contributed by atoms with Gasteiger partial charge in [0, 0.05) is 12.7 Å². The molecule has 0 atom stereocenters. The first-order chi connectivity index (χ1) is 9.41. The molecule has 0 fully saturated rings. The summed E-state index contributed by atoms with van der Waals surface area (Å²) in [7, 11) is 0. The monoisotopic (exact) mass is 301 g/mol. The molecule has 20 heavy (non-hydrogen) atoms. The Morgan fingerprint density at radius 2 is 2.10 bits per heavy atom. The molecular formula is C13H14F3N3S. The van der Waals surface area contributed by atoms with Crippen LogP contribution in [0.15, 0.2) is 18.3 Å². The van der Waals surface area contributed by atoms with Crippen molar-refractivity contribution in [2.75, 3.05) is 6.54 Å². The molecule has 2 aromatic heterocycles. The van der Waals surface area contributed by atoms with Gasteiger partial charge in [-0.05, 0) is 31.2 Å². The van der Waals surface area contributed by atoms with Gasteiger partial charge in [0.25, 0.3) is 0 Å². The molecule has 2 aromatic rings. The van der Waals surface area contributed by atoms with Gasteiger partial charge in [0.15, 0.2) is 5.69 Å². The summed E-state index contributed by atoms with van der Waals surface area (Å²) in [5, 5.41) is 3.20. The maximum Gasteiger partial charge on any atom is 0.434 e. The number of nitrogens with zero attached hydrogens (tertiary/aromatic N) is 2. The van der Waals surface area contributed by atoms with Crippen LogP contribution in [0.1, 0.15) is 23.1 Å². The lowest BCUT2D eigenvalue weighted by molar-refractivity contribution is -0.141. The molecule has 0 spiro atoms. The number of aryl methyl sites for hydroxylation is 1. The van der Waals surface area contributed by atoms with Crippen LogP contribution in [-0.4, -0.2) is 16.5 Å². The average molecular weight is 301 g/mol. The molecule has 0 aromatic carbocycles. The van der Waals surface area contributed by atoms with Gasteiger partial charge in [-0.15, -0.1) is 11.3 Å². The maximum atomic E-state index is 13.0. The molecule has 1 N–H and O–H groups in total. The van der Waals surface area contributed by atoms with Gasteiger partial charge in [-0.3, -0.25) is 4.98 Å². The van der Waals surface area contributed by atoms with Crippen molar-refractivity contribution in [3.05, 3.63) is 34.5 Å². The van der Waals surface area contributed by atoms with E-state index in [1.165, 1.54) is 0 Å². The van der Waals surface area contributed by atoms with E-state index in [2.05, 4.69) is 15.3 Å². The first-order valence-corrected chi connectivity index (χ1v) is 6.94. The van der Waals surface area contributed by atoms with E-state index in [1.807, 2.05) is 13.8 Å². The van der Waals surface area contributed by atoms with Crippen LogP contribution in [0.3, 0.4) is 0 Å². The second-order valence-corrected chi connectivity index (χ2v) is 5.37. The lowest BCUT2D eigenvalue weighted by atomic mass is 10.2. The number of pyridine rings is 1. The smallest absolute Gasteiger partial charge is 0.312 e. The third-order valence-electron chi connectivity index (χ3n) is 2.64. The van der Waals surface area contributed by atoms with Crippen LogP contribution in [0.4, 0.5) is 13.2 Å². The summed E-state index contributed by atoms with van der Waals surface area (Å²) >= 11 is 1.03. The number of nitrogens with one attached hydrogen (secondary N) is 1. The van der Waals surface area contributed by atoms with Crippen LogP contribution >= 0.6 is 11.3 Å². The molecule has 0 aliphatic carbocycles. The zero-order chi connectivity index (χ0) is 14.8. The highest BCUT2D eigenvalue weighted by Crippen LogP contribution is 2.37. The molecular weight excluding hydrogens is 287 g/mol. The SMILES string of the molecule is CCNCc1sc(-c2cc(C)ccn2)nc1C(F)(F)F. The Hall–Kier alpha value is -1.47. The third kappa shape index (κ3) is 3.34. The molecule has 0 unspecified atom stereocenters. The van der Waals surface area contributed by atoms with Gasteiger partial charge in [0.1, 0.15) is 5.01 Å². The number of hydrogen-bond donors (Lipinski definition) is 1. The Balaban J connectivity index is 2.43. The van der Waals surface area contributed by atoms with Crippen LogP contribution < -0.4 is 5.32 Å². The predicted octanol–water partition coefficient (Wildman–Crippen LogP) is 3.64. The summed E-state index contributed by atoms with van der Waals surface area (Å²) in [6.07, 6.45) is -2.87. The van der Waals surface area contributed by atoms with Crippen molar-refractivity contribution in [3.8, 4) is 10.7 Å². The summed E-state index contributed by atoms with van der Waals surface area (Å²) < 4.78 is 38.9. The Morgan fingerprint density at radius 3 is 2.70 bits per heavy atom. The highest BCUT2D eigenvalue weighted by Gasteiger charge is 2.37. The molecule has 2 rings (SSSR count). The molecule has 0 aliphatic rings. The van der Waals surface area contributed by atoms with E-state index in [1.54, 1.807) is 18.3 Å². The molecule has 0 saturated carbocycles. The predicted molar refractivity (Wildman–Crippen MR) is 72.5 cm³/mol. The topological polar surface area (TPSA) is 37.8 Å². The van der Waals surface area contributed by atoms with Crippen molar-refractivity contribution >= 4 is 11.3 Å². The highest BCUT2D eigenvalue weighted by molar-refractivity contribution is 7.15. The number of rotatable bonds is 4. The minimum absolute atomic E-state index is 0.162. The Morgan fingerprint density at radius 1 is 1.35 bits per heavy atom. The van der Waals surface area contributed by atoms with Crippen molar-refractivity contribution in [2.45, 2.75) is 26.6 Å². The van der Waals surface area contributed by atoms with Crippen LogP contribution in [0.5, 0.6) is 0 Å². The molecule has 0 radical (unpaired) electrons. The number of halogens is 3. The number of aromatic nitrogens is 2. The third-order valence-corrected chi connectivity index (χ3v) is 3.71. The Labute approximate surface area is 118 Å². The van der Waals surface area contributed by atoms with Crippen molar-refractivity contribution in [1.82, 2.24) is 15.3 Å². The molecule has 0 saturated heterocycles. The minimum Gasteiger partial charge on any atom is -0.312 e. The molecule has 108 valence electrons. The van der Waals surface area contributed by atoms with E-state index in [-0.39, 0.29) is 11.4 Å². The van der Waals surface area contributed by atoms with Gasteiger partial charge in [-0.2, -0.15) is 13.2 Å². The molecule has 0 aliphatic heterocycles. The van der Waals surface area contributed by atoms with Crippen LogP contribution in [0.2, 0.25) is 0 Å². The quantitative estimate of drug-likeness (QED) is 0.937. The average Bonchev–Trinajstić information content (AvgIpc) is 2.80. The second kappa shape index (κ2) is 5.88. The molecule has 7 heteroatoms. The van der Waals surface area contributed by atoms with Gasteiger partial charge in [0.05, 0.1) is 10.6 Å². The van der Waals surface area contributed by atoms with Crippen molar-refractivity contribution in [2.24, 2.45) is 0 Å². The fourth-order valence-corrected chi connectivity index (χ4v) is 2.71. The van der Waals surface area contributed by atoms with E-state index in [0.717, 1.165) is 16.9 Å². The zero-order valence-electron chi connectivity index (χ0n) is 11.1. The fraction of sp³-hybridized carbons (Fsp3) is 0.385. The van der Waals surface area contributed by atoms with E-state index < -0.39 is 11.9 Å². The Bertz CT molecular complexity index is 593. The van der Waals surface area contributed by atoms with E-state index >= 15 is 0 Å². The number of alkyl halides is 3. The first kappa shape index (κ1) is 14.9. The number of thiazole rings is 1. The van der Waals surface area contributed by atoms with Crippen LogP contribution in [0.25, 0.3) is 10.7 Å². The lowest BCUT2D eigenvalue weighted by Gasteiger charge is -2.05. The highest BCUT2D eigenvalue weighted by atomic mass is 32.1. The summed E-state index contributed by atoms with van der Waals surface area (Å²) in [6.45, 7) is 4.47. The maximum absolute atomic E-state index is 13.0. The Kier molecular flexibility index (Phi) is 4.39. The van der Waals surface area contributed by atoms with Gasteiger partial charge < -0.3 is 5.32 Å². The first-order valence-electron chi connectivity index (χ1n) is 6.12.